The van der Waals surface area contributed by atoms with Crippen LogP contribution in [0.5, 0.6) is 5.75 Å². The summed E-state index contributed by atoms with van der Waals surface area (Å²) in [6.45, 7) is 5.83. The van der Waals surface area contributed by atoms with Gasteiger partial charge >= 0.3 is 6.09 Å². The van der Waals surface area contributed by atoms with E-state index in [-0.39, 0.29) is 29.3 Å². The van der Waals surface area contributed by atoms with Crippen LogP contribution in [-0.2, 0) is 27.6 Å². The van der Waals surface area contributed by atoms with Crippen LogP contribution in [0.1, 0.15) is 46.7 Å². The van der Waals surface area contributed by atoms with Crippen molar-refractivity contribution in [2.24, 2.45) is 0 Å². The Morgan fingerprint density at radius 2 is 2.03 bits per heavy atom. The van der Waals surface area contributed by atoms with Gasteiger partial charge in [-0.05, 0) is 81.0 Å². The highest BCUT2D eigenvalue weighted by Gasteiger charge is 2.32. The summed E-state index contributed by atoms with van der Waals surface area (Å²) in [6.07, 6.45) is 1.85. The highest BCUT2D eigenvalue weighted by atomic mass is 35.5. The fourth-order valence-electron chi connectivity index (χ4n) is 4.80. The van der Waals surface area contributed by atoms with E-state index < -0.39 is 16.1 Å². The number of aromatic nitrogens is 1. The van der Waals surface area contributed by atoms with Gasteiger partial charge in [-0.15, -0.1) is 11.3 Å². The van der Waals surface area contributed by atoms with Gasteiger partial charge in [-0.2, -0.15) is 0 Å². The van der Waals surface area contributed by atoms with Gasteiger partial charge < -0.3 is 14.8 Å². The minimum atomic E-state index is -3.65. The first-order chi connectivity index (χ1) is 18.2. The van der Waals surface area contributed by atoms with E-state index in [0.29, 0.717) is 34.5 Å². The fraction of sp³-hybridized carbons (Fsp3) is 0.407. The van der Waals surface area contributed by atoms with Crippen LogP contribution in [0, 0.1) is 13.8 Å². The normalized spacial score (nSPS) is 17.1. The molecule has 1 aliphatic rings. The van der Waals surface area contributed by atoms with Crippen molar-refractivity contribution in [3.05, 3.63) is 74.9 Å². The number of rotatable bonds is 10. The number of nitrogens with zero attached hydrogens (tertiary/aromatic N) is 1. The lowest BCUT2D eigenvalue weighted by atomic mass is 9.76. The Bertz CT molecular complexity index is 1390. The molecule has 0 bridgehead atoms. The molecule has 1 amide bonds. The van der Waals surface area contributed by atoms with Crippen LogP contribution < -0.4 is 14.8 Å². The van der Waals surface area contributed by atoms with Crippen LogP contribution in [0.2, 0.25) is 5.02 Å². The number of aryl methyl sites for hydroxylation is 3. The van der Waals surface area contributed by atoms with Crippen molar-refractivity contribution >= 4 is 39.1 Å². The molecule has 0 fully saturated rings. The number of hydrogen-bond acceptors (Lipinski definition) is 7. The van der Waals surface area contributed by atoms with Gasteiger partial charge in [-0.25, -0.2) is 22.9 Å². The first kappa shape index (κ1) is 28.4. The predicted molar refractivity (Wildman–Crippen MR) is 149 cm³/mol. The summed E-state index contributed by atoms with van der Waals surface area (Å²) in [6, 6.07) is 13.6. The first-order valence-electron chi connectivity index (χ1n) is 12.5. The lowest BCUT2D eigenvalue weighted by Gasteiger charge is -2.34. The minimum absolute atomic E-state index is 0.0128. The maximum atomic E-state index is 12.6. The molecule has 11 heteroatoms. The Morgan fingerprint density at radius 3 is 2.74 bits per heavy atom. The van der Waals surface area contributed by atoms with Gasteiger partial charge in [0.15, 0.2) is 4.21 Å². The minimum Gasteiger partial charge on any atom is -0.492 e. The van der Waals surface area contributed by atoms with E-state index in [1.54, 1.807) is 20.8 Å². The number of fused-ring (bicyclic) bond motifs is 1. The van der Waals surface area contributed by atoms with E-state index in [2.05, 4.69) is 15.0 Å². The smallest absolute Gasteiger partial charge is 0.407 e. The van der Waals surface area contributed by atoms with Crippen LogP contribution >= 0.6 is 22.9 Å². The van der Waals surface area contributed by atoms with Crippen LogP contribution in [0.15, 0.2) is 46.7 Å². The molecule has 0 saturated heterocycles. The summed E-state index contributed by atoms with van der Waals surface area (Å²) in [5, 5.41) is 4.41. The van der Waals surface area contributed by atoms with Crippen molar-refractivity contribution in [2.45, 2.75) is 56.2 Å². The fourth-order valence-corrected chi connectivity index (χ4v) is 7.56. The van der Waals surface area contributed by atoms with Crippen molar-refractivity contribution in [1.29, 1.82) is 0 Å². The van der Waals surface area contributed by atoms with Crippen molar-refractivity contribution in [2.75, 3.05) is 19.8 Å². The van der Waals surface area contributed by atoms with E-state index in [0.717, 1.165) is 35.3 Å². The summed E-state index contributed by atoms with van der Waals surface area (Å²) in [5.74, 6) is 0.627. The number of halogens is 1. The number of sulfonamides is 1. The van der Waals surface area contributed by atoms with E-state index in [1.807, 2.05) is 42.5 Å². The zero-order valence-electron chi connectivity index (χ0n) is 21.6. The van der Waals surface area contributed by atoms with Gasteiger partial charge in [0.1, 0.15) is 12.4 Å². The standard InChI is InChI=1S/C27H32ClN3O5S2/c1-4-35-27(32)31-25-11-9-20-8-10-22(16-23(20)24(25)15-19-6-5-7-21(28)14-19)36-13-12-29-38(33,34)26-17(2)30-18(3)37-26/h5-8,10,14,16,24-25,29H,4,9,11-13,15H2,1-3H3,(H,31,32). The summed E-state index contributed by atoms with van der Waals surface area (Å²) in [7, 11) is -3.65. The molecule has 4 rings (SSSR count). The zero-order valence-corrected chi connectivity index (χ0v) is 24.0. The SMILES string of the molecule is CCOC(=O)NC1CCc2ccc(OCCNS(=O)(=O)c3sc(C)nc3C)cc2C1Cc1cccc(Cl)c1. The number of carbonyl (C=O) groups excluding carboxylic acids is 1. The Hall–Kier alpha value is -2.66. The molecule has 3 aromatic rings. The zero-order chi connectivity index (χ0) is 27.3. The number of amides is 1. The Kier molecular flexibility index (Phi) is 9.30. The molecular weight excluding hydrogens is 546 g/mol. The van der Waals surface area contributed by atoms with E-state index >= 15 is 0 Å². The molecule has 204 valence electrons. The third-order valence-corrected chi connectivity index (χ3v) is 9.80. The third kappa shape index (κ3) is 7.05. The van der Waals surface area contributed by atoms with E-state index in [9.17, 15) is 13.2 Å². The second-order valence-corrected chi connectivity index (χ2v) is 12.8. The second kappa shape index (κ2) is 12.5. The number of ether oxygens (including phenoxy) is 2. The van der Waals surface area contributed by atoms with Crippen molar-refractivity contribution in [3.63, 3.8) is 0 Å². The number of hydrogen-bond donors (Lipinski definition) is 2. The number of carbonyl (C=O) groups is 1. The van der Waals surface area contributed by atoms with Crippen molar-refractivity contribution < 1.29 is 22.7 Å². The third-order valence-electron chi connectivity index (χ3n) is 6.42. The molecule has 0 aliphatic heterocycles. The van der Waals surface area contributed by atoms with E-state index in [4.69, 9.17) is 21.1 Å². The molecule has 0 radical (unpaired) electrons. The number of alkyl carbamates (subject to hydrolysis) is 1. The molecule has 8 nitrogen and oxygen atoms in total. The number of thiazole rings is 1. The van der Waals surface area contributed by atoms with Gasteiger partial charge in [0.05, 0.1) is 17.3 Å². The lowest BCUT2D eigenvalue weighted by Crippen LogP contribution is -2.43. The van der Waals surface area contributed by atoms with Crippen molar-refractivity contribution in [3.8, 4) is 5.75 Å². The molecule has 2 atom stereocenters. The Labute approximate surface area is 232 Å². The summed E-state index contributed by atoms with van der Waals surface area (Å²) in [4.78, 5) is 16.5. The molecule has 2 N–H and O–H groups in total. The molecule has 0 saturated carbocycles. The molecule has 1 heterocycles. The largest absolute Gasteiger partial charge is 0.492 e. The number of benzene rings is 2. The van der Waals surface area contributed by atoms with Crippen LogP contribution in [0.3, 0.4) is 0 Å². The average molecular weight is 578 g/mol. The molecule has 2 unspecified atom stereocenters. The molecule has 1 aromatic heterocycles. The van der Waals surface area contributed by atoms with Crippen molar-refractivity contribution in [1.82, 2.24) is 15.0 Å². The summed E-state index contributed by atoms with van der Waals surface area (Å²) >= 11 is 7.39. The Balaban J connectivity index is 1.48. The number of nitrogens with one attached hydrogen (secondary N) is 2. The van der Waals surface area contributed by atoms with Crippen LogP contribution in [0.25, 0.3) is 0 Å². The molecule has 1 aliphatic carbocycles. The monoisotopic (exact) mass is 577 g/mol. The second-order valence-electron chi connectivity index (χ2n) is 9.16. The summed E-state index contributed by atoms with van der Waals surface area (Å²) < 4.78 is 39.2. The summed E-state index contributed by atoms with van der Waals surface area (Å²) in [5.41, 5.74) is 3.85. The average Bonchev–Trinajstić information content (AvgIpc) is 3.22. The maximum absolute atomic E-state index is 12.6. The lowest BCUT2D eigenvalue weighted by molar-refractivity contribution is 0.144. The molecule has 0 spiro atoms. The van der Waals surface area contributed by atoms with E-state index in [1.165, 1.54) is 5.56 Å². The molecular formula is C27H32ClN3O5S2. The van der Waals surface area contributed by atoms with Gasteiger partial charge in [-0.1, -0.05) is 29.8 Å². The van der Waals surface area contributed by atoms with Crippen LogP contribution in [0.4, 0.5) is 4.79 Å². The highest BCUT2D eigenvalue weighted by Crippen LogP contribution is 2.37. The van der Waals surface area contributed by atoms with Crippen LogP contribution in [-0.4, -0.2) is 45.3 Å². The predicted octanol–water partition coefficient (Wildman–Crippen LogP) is 5.16. The Morgan fingerprint density at radius 1 is 1.21 bits per heavy atom. The maximum Gasteiger partial charge on any atom is 0.407 e. The van der Waals surface area contributed by atoms with Gasteiger partial charge in [0.2, 0.25) is 0 Å². The van der Waals surface area contributed by atoms with Gasteiger partial charge in [0.25, 0.3) is 10.0 Å². The molecule has 38 heavy (non-hydrogen) atoms. The first-order valence-corrected chi connectivity index (χ1v) is 15.2. The topological polar surface area (TPSA) is 107 Å². The quantitative estimate of drug-likeness (QED) is 0.322. The molecule has 2 aromatic carbocycles. The van der Waals surface area contributed by atoms with Gasteiger partial charge in [0, 0.05) is 23.5 Å². The van der Waals surface area contributed by atoms with Gasteiger partial charge in [-0.3, -0.25) is 0 Å². The highest BCUT2D eigenvalue weighted by molar-refractivity contribution is 7.91.